The minimum Gasteiger partial charge on any atom is -0.488 e. The van der Waals surface area contributed by atoms with Gasteiger partial charge in [-0.05, 0) is 30.7 Å². The predicted octanol–water partition coefficient (Wildman–Crippen LogP) is 3.91. The summed E-state index contributed by atoms with van der Waals surface area (Å²) in [6.45, 7) is 1.93. The van der Waals surface area contributed by atoms with E-state index in [1.165, 1.54) is 6.07 Å². The molecule has 0 unspecified atom stereocenters. The normalized spacial score (nSPS) is 9.95. The molecular weight excluding hydrogens is 334 g/mol. The largest absolute Gasteiger partial charge is 0.488 e. The number of aromatic carboxylic acids is 1. The van der Waals surface area contributed by atoms with E-state index >= 15 is 0 Å². The summed E-state index contributed by atoms with van der Waals surface area (Å²) in [5.41, 5.74) is 2.05. The van der Waals surface area contributed by atoms with Crippen molar-refractivity contribution in [2.24, 2.45) is 0 Å². The van der Waals surface area contributed by atoms with Crippen LogP contribution in [0.15, 0.2) is 40.9 Å². The number of halogens is 1. The number of carbonyl (C=O) groups is 1. The molecule has 0 aromatic heterocycles. The lowest BCUT2D eigenvalue weighted by atomic mass is 10.1. The zero-order valence-electron chi connectivity index (χ0n) is 11.3. The average Bonchev–Trinajstić information content (AvgIpc) is 2.45. The van der Waals surface area contributed by atoms with Gasteiger partial charge in [-0.3, -0.25) is 0 Å². The first-order valence-corrected chi connectivity index (χ1v) is 6.96. The van der Waals surface area contributed by atoms with Gasteiger partial charge in [0, 0.05) is 10.0 Å². The number of carboxylic acid groups (broad SMARTS) is 1. The lowest BCUT2D eigenvalue weighted by molar-refractivity contribution is 0.0691. The molecule has 106 valence electrons. The third kappa shape index (κ3) is 3.41. The van der Waals surface area contributed by atoms with Crippen molar-refractivity contribution in [2.45, 2.75) is 13.5 Å². The van der Waals surface area contributed by atoms with E-state index < -0.39 is 5.97 Å². The number of ether oxygens (including phenoxy) is 1. The van der Waals surface area contributed by atoms with Gasteiger partial charge >= 0.3 is 5.97 Å². The Kier molecular flexibility index (Phi) is 4.61. The van der Waals surface area contributed by atoms with E-state index in [4.69, 9.17) is 10.00 Å². The molecular formula is C16H12BrNO3. The van der Waals surface area contributed by atoms with Crippen molar-refractivity contribution in [2.75, 3.05) is 0 Å². The molecule has 21 heavy (non-hydrogen) atoms. The lowest BCUT2D eigenvalue weighted by Gasteiger charge is -2.13. The smallest absolute Gasteiger partial charge is 0.339 e. The van der Waals surface area contributed by atoms with Crippen LogP contribution in [0.25, 0.3) is 0 Å². The number of nitriles is 1. The number of hydrogen-bond acceptors (Lipinski definition) is 3. The van der Waals surface area contributed by atoms with Gasteiger partial charge in [-0.15, -0.1) is 0 Å². The van der Waals surface area contributed by atoms with E-state index in [-0.39, 0.29) is 12.2 Å². The van der Waals surface area contributed by atoms with Crippen LogP contribution in [0.5, 0.6) is 5.75 Å². The van der Waals surface area contributed by atoms with Crippen molar-refractivity contribution in [3.8, 4) is 11.8 Å². The van der Waals surface area contributed by atoms with E-state index in [9.17, 15) is 9.90 Å². The van der Waals surface area contributed by atoms with Crippen molar-refractivity contribution >= 4 is 21.9 Å². The van der Waals surface area contributed by atoms with Gasteiger partial charge < -0.3 is 9.84 Å². The minimum absolute atomic E-state index is 0.0938. The van der Waals surface area contributed by atoms with Crippen molar-refractivity contribution < 1.29 is 14.6 Å². The van der Waals surface area contributed by atoms with Gasteiger partial charge in [0.15, 0.2) is 0 Å². The summed E-state index contributed by atoms with van der Waals surface area (Å²) in [5.74, 6) is -0.735. The van der Waals surface area contributed by atoms with Crippen molar-refractivity contribution in [3.63, 3.8) is 0 Å². The first-order chi connectivity index (χ1) is 10.0. The molecule has 0 aliphatic rings. The van der Waals surface area contributed by atoms with Crippen LogP contribution >= 0.6 is 15.9 Å². The maximum absolute atomic E-state index is 11.3. The topological polar surface area (TPSA) is 70.3 Å². The molecule has 0 heterocycles. The van der Waals surface area contributed by atoms with E-state index in [1.54, 1.807) is 31.2 Å². The third-order valence-corrected chi connectivity index (χ3v) is 3.44. The molecule has 0 saturated carbocycles. The predicted molar refractivity (Wildman–Crippen MR) is 81.3 cm³/mol. The van der Waals surface area contributed by atoms with Crippen molar-refractivity contribution in [1.29, 1.82) is 5.26 Å². The molecule has 2 aromatic carbocycles. The highest BCUT2D eigenvalue weighted by molar-refractivity contribution is 9.10. The average molecular weight is 346 g/mol. The first kappa shape index (κ1) is 15.1. The highest BCUT2D eigenvalue weighted by atomic mass is 79.9. The van der Waals surface area contributed by atoms with Gasteiger partial charge in [-0.2, -0.15) is 5.26 Å². The molecule has 0 aliphatic heterocycles. The Bertz CT molecular complexity index is 735. The minimum atomic E-state index is -1.05. The second-order valence-electron chi connectivity index (χ2n) is 4.46. The molecule has 4 nitrogen and oxygen atoms in total. The Morgan fingerprint density at radius 1 is 1.38 bits per heavy atom. The van der Waals surface area contributed by atoms with Crippen molar-refractivity contribution in [3.05, 3.63) is 63.1 Å². The van der Waals surface area contributed by atoms with Crippen LogP contribution in [0, 0.1) is 18.3 Å². The molecule has 0 aliphatic carbocycles. The van der Waals surface area contributed by atoms with Gasteiger partial charge in [0.25, 0.3) is 0 Å². The lowest BCUT2D eigenvalue weighted by Crippen LogP contribution is -2.06. The fourth-order valence-electron chi connectivity index (χ4n) is 1.99. The molecule has 0 bridgehead atoms. The molecule has 2 aromatic rings. The summed E-state index contributed by atoms with van der Waals surface area (Å²) in [4.78, 5) is 11.3. The Labute approximate surface area is 130 Å². The second-order valence-corrected chi connectivity index (χ2v) is 5.38. The number of carboxylic acids is 1. The van der Waals surface area contributed by atoms with E-state index in [1.807, 2.05) is 6.07 Å². The summed E-state index contributed by atoms with van der Waals surface area (Å²) in [7, 11) is 0. The van der Waals surface area contributed by atoms with Crippen LogP contribution in [0.2, 0.25) is 0 Å². The molecule has 0 amide bonds. The van der Waals surface area contributed by atoms with Gasteiger partial charge in [0.05, 0.1) is 11.6 Å². The third-order valence-electron chi connectivity index (χ3n) is 2.98. The Hall–Kier alpha value is -2.32. The van der Waals surface area contributed by atoms with E-state index in [0.717, 1.165) is 11.1 Å². The van der Waals surface area contributed by atoms with Crippen LogP contribution in [0.3, 0.4) is 0 Å². The highest BCUT2D eigenvalue weighted by Gasteiger charge is 2.15. The summed E-state index contributed by atoms with van der Waals surface area (Å²) in [6, 6.07) is 12.4. The van der Waals surface area contributed by atoms with Crippen LogP contribution in [-0.4, -0.2) is 11.1 Å². The van der Waals surface area contributed by atoms with E-state index in [0.29, 0.717) is 15.8 Å². The molecule has 2 rings (SSSR count). The van der Waals surface area contributed by atoms with Crippen LogP contribution in [-0.2, 0) is 6.61 Å². The summed E-state index contributed by atoms with van der Waals surface area (Å²) in [6.07, 6.45) is 0. The molecule has 0 saturated heterocycles. The zero-order chi connectivity index (χ0) is 15.4. The Morgan fingerprint density at radius 2 is 2.10 bits per heavy atom. The van der Waals surface area contributed by atoms with Crippen molar-refractivity contribution in [1.82, 2.24) is 0 Å². The van der Waals surface area contributed by atoms with E-state index in [2.05, 4.69) is 22.0 Å². The summed E-state index contributed by atoms with van der Waals surface area (Å²) in [5, 5.41) is 18.3. The zero-order valence-corrected chi connectivity index (χ0v) is 12.8. The second kappa shape index (κ2) is 6.42. The molecule has 0 atom stereocenters. The monoisotopic (exact) mass is 345 g/mol. The fraction of sp³-hybridized carbons (Fsp3) is 0.125. The molecule has 5 heteroatoms. The molecule has 0 radical (unpaired) electrons. The Morgan fingerprint density at radius 3 is 2.76 bits per heavy atom. The quantitative estimate of drug-likeness (QED) is 0.911. The maximum Gasteiger partial charge on any atom is 0.339 e. The number of hydrogen-bond donors (Lipinski definition) is 1. The first-order valence-electron chi connectivity index (χ1n) is 6.17. The summed E-state index contributed by atoms with van der Waals surface area (Å²) < 4.78 is 6.34. The maximum atomic E-state index is 11.3. The molecule has 1 N–H and O–H groups in total. The standard InChI is InChI=1S/C16H12BrNO3/c1-10-6-13(17)7-14(16(19)20)15(10)21-9-12-5-3-2-4-11(12)8-18/h2-7H,9H2,1H3,(H,19,20). The van der Waals surface area contributed by atoms with Gasteiger partial charge in [-0.25, -0.2) is 4.79 Å². The number of rotatable bonds is 4. The van der Waals surface area contributed by atoms with Gasteiger partial charge in [-0.1, -0.05) is 34.1 Å². The molecule has 0 fully saturated rings. The Balaban J connectivity index is 2.32. The highest BCUT2D eigenvalue weighted by Crippen LogP contribution is 2.29. The molecule has 0 spiro atoms. The number of nitrogens with zero attached hydrogens (tertiary/aromatic N) is 1. The van der Waals surface area contributed by atoms with Crippen LogP contribution in [0.4, 0.5) is 0 Å². The number of aryl methyl sites for hydroxylation is 1. The summed E-state index contributed by atoms with van der Waals surface area (Å²) >= 11 is 3.27. The van der Waals surface area contributed by atoms with Crippen LogP contribution in [0.1, 0.15) is 27.0 Å². The SMILES string of the molecule is Cc1cc(Br)cc(C(=O)O)c1OCc1ccccc1C#N. The van der Waals surface area contributed by atoms with Gasteiger partial charge in [0.1, 0.15) is 17.9 Å². The number of benzene rings is 2. The van der Waals surface area contributed by atoms with Gasteiger partial charge in [0.2, 0.25) is 0 Å². The fourth-order valence-corrected chi connectivity index (χ4v) is 2.56. The van der Waals surface area contributed by atoms with Crippen LogP contribution < -0.4 is 4.74 Å².